The molecule has 1 aliphatic rings. The molecule has 1 aromatic carbocycles. The Morgan fingerprint density at radius 2 is 2.12 bits per heavy atom. The van der Waals surface area contributed by atoms with E-state index in [2.05, 4.69) is 5.32 Å². The lowest BCUT2D eigenvalue weighted by Gasteiger charge is -2.34. The minimum atomic E-state index is -2.10. The minimum absolute atomic E-state index is 0.00956. The highest BCUT2D eigenvalue weighted by Crippen LogP contribution is 2.28. The lowest BCUT2D eigenvalue weighted by molar-refractivity contribution is -0.233. The number of hydrogen-bond donors (Lipinski definition) is 3. The monoisotopic (exact) mass is 448 g/mol. The number of allylic oxidation sites excluding steroid dienone is 2. The van der Waals surface area contributed by atoms with E-state index in [4.69, 9.17) is 19.9 Å². The first-order valence-electron chi connectivity index (χ1n) is 10.7. The van der Waals surface area contributed by atoms with Crippen LogP contribution in [0, 0.1) is 5.92 Å². The fraction of sp³-hybridized carbons (Fsp3) is 0.522. The summed E-state index contributed by atoms with van der Waals surface area (Å²) in [6, 6.07) is 3.59. The van der Waals surface area contributed by atoms with E-state index in [-0.39, 0.29) is 37.3 Å². The summed E-state index contributed by atoms with van der Waals surface area (Å²) in [6.07, 6.45) is 5.04. The zero-order valence-corrected chi connectivity index (χ0v) is 18.8. The van der Waals surface area contributed by atoms with Crippen LogP contribution in [0.2, 0.25) is 0 Å². The molecular weight excluding hydrogens is 416 g/mol. The third-order valence-electron chi connectivity index (χ3n) is 4.95. The number of nitrogens with two attached hydrogens (primary N) is 1. The number of unbranched alkanes of at least 4 members (excludes halogenated alkanes) is 1. The van der Waals surface area contributed by atoms with Gasteiger partial charge in [-0.05, 0) is 42.9 Å². The van der Waals surface area contributed by atoms with Gasteiger partial charge in [0.25, 0.3) is 0 Å². The Kier molecular flexibility index (Phi) is 9.07. The second-order valence-corrected chi connectivity index (χ2v) is 8.05. The van der Waals surface area contributed by atoms with Crippen molar-refractivity contribution >= 4 is 17.8 Å². The average Bonchev–Trinajstić information content (AvgIpc) is 2.75. The van der Waals surface area contributed by atoms with E-state index in [9.17, 15) is 19.5 Å². The molecule has 0 saturated carbocycles. The van der Waals surface area contributed by atoms with Crippen molar-refractivity contribution in [1.82, 2.24) is 5.32 Å². The molecule has 0 radical (unpaired) electrons. The van der Waals surface area contributed by atoms with E-state index < -0.39 is 29.7 Å². The maximum absolute atomic E-state index is 13.1. The molecule has 9 nitrogen and oxygen atoms in total. The highest BCUT2D eigenvalue weighted by molar-refractivity contribution is 5.90. The Morgan fingerprint density at radius 1 is 1.38 bits per heavy atom. The normalized spacial score (nSPS) is 21.6. The largest absolute Gasteiger partial charge is 0.504 e. The molecule has 1 unspecified atom stereocenters. The summed E-state index contributed by atoms with van der Waals surface area (Å²) in [7, 11) is 1.41. The average molecular weight is 449 g/mol. The molecule has 1 heterocycles. The maximum Gasteiger partial charge on any atom is 0.336 e. The fourth-order valence-electron chi connectivity index (χ4n) is 3.16. The SMILES string of the molecule is COc1cc(CNC(=O)C2(CCC/C=C/C(C)C)OC(=O)CC[C@@H](N)C(=O)O2)ccc1O. The Labute approximate surface area is 187 Å². The van der Waals surface area contributed by atoms with Crippen LogP contribution >= 0.6 is 0 Å². The highest BCUT2D eigenvalue weighted by atomic mass is 16.7. The molecular formula is C23H32N2O7. The lowest BCUT2D eigenvalue weighted by atomic mass is 10.0. The van der Waals surface area contributed by atoms with Gasteiger partial charge in [0, 0.05) is 19.4 Å². The van der Waals surface area contributed by atoms with Crippen molar-refractivity contribution < 1.29 is 33.7 Å². The van der Waals surface area contributed by atoms with Gasteiger partial charge in [-0.15, -0.1) is 0 Å². The summed E-state index contributed by atoms with van der Waals surface area (Å²) >= 11 is 0. The first-order valence-corrected chi connectivity index (χ1v) is 10.7. The van der Waals surface area contributed by atoms with Crippen LogP contribution in [0.4, 0.5) is 0 Å². The van der Waals surface area contributed by atoms with Gasteiger partial charge in [-0.3, -0.25) is 14.4 Å². The van der Waals surface area contributed by atoms with Crippen molar-refractivity contribution in [3.63, 3.8) is 0 Å². The minimum Gasteiger partial charge on any atom is -0.504 e. The van der Waals surface area contributed by atoms with Crippen LogP contribution in [0.3, 0.4) is 0 Å². The standard InChI is InChI=1S/C23H32N2O7/c1-15(2)7-5-4-6-12-23(31-20(27)11-9-17(24)21(28)32-23)22(29)25-14-16-8-10-18(26)19(13-16)30-3/h5,7-8,10,13,15,17,26H,4,6,9,11-12,14,24H2,1-3H3,(H,25,29)/b7-5+/t17-,23?/m1/s1. The molecule has 0 bridgehead atoms. The molecule has 1 fully saturated rings. The van der Waals surface area contributed by atoms with Crippen molar-refractivity contribution in [3.05, 3.63) is 35.9 Å². The first kappa shape index (κ1) is 25.2. The second-order valence-electron chi connectivity index (χ2n) is 8.05. The summed E-state index contributed by atoms with van der Waals surface area (Å²) in [6.45, 7) is 4.12. The number of phenolic OH excluding ortho intramolecular Hbond substituents is 1. The van der Waals surface area contributed by atoms with Gasteiger partial charge in [0.1, 0.15) is 6.04 Å². The molecule has 1 aromatic rings. The van der Waals surface area contributed by atoms with Gasteiger partial charge in [-0.1, -0.05) is 32.1 Å². The zero-order chi connectivity index (χ0) is 23.7. The van der Waals surface area contributed by atoms with Gasteiger partial charge >= 0.3 is 23.6 Å². The molecule has 32 heavy (non-hydrogen) atoms. The molecule has 0 spiro atoms. The molecule has 1 saturated heterocycles. The van der Waals surface area contributed by atoms with E-state index in [0.29, 0.717) is 24.3 Å². The predicted octanol–water partition coefficient (Wildman–Crippen LogP) is 2.30. The fourth-order valence-corrected chi connectivity index (χ4v) is 3.16. The van der Waals surface area contributed by atoms with Gasteiger partial charge in [-0.2, -0.15) is 0 Å². The van der Waals surface area contributed by atoms with Crippen LogP contribution in [0.1, 0.15) is 51.5 Å². The van der Waals surface area contributed by atoms with E-state index in [0.717, 1.165) is 0 Å². The van der Waals surface area contributed by atoms with Gasteiger partial charge in [0.2, 0.25) is 0 Å². The molecule has 9 heteroatoms. The second kappa shape index (κ2) is 11.5. The summed E-state index contributed by atoms with van der Waals surface area (Å²) in [5, 5.41) is 12.4. The molecule has 1 aliphatic heterocycles. The van der Waals surface area contributed by atoms with Gasteiger partial charge in [0.15, 0.2) is 11.5 Å². The van der Waals surface area contributed by atoms with Crippen molar-refractivity contribution in [2.75, 3.05) is 7.11 Å². The van der Waals surface area contributed by atoms with Crippen LogP contribution < -0.4 is 15.8 Å². The molecule has 0 aliphatic carbocycles. The number of methoxy groups -OCH3 is 1. The number of nitrogens with one attached hydrogen (secondary N) is 1. The number of esters is 2. The van der Waals surface area contributed by atoms with Crippen molar-refractivity contribution in [2.45, 2.75) is 64.3 Å². The van der Waals surface area contributed by atoms with Crippen molar-refractivity contribution in [1.29, 1.82) is 0 Å². The number of benzene rings is 1. The van der Waals surface area contributed by atoms with Crippen LogP contribution in [0.25, 0.3) is 0 Å². The molecule has 2 rings (SSSR count). The van der Waals surface area contributed by atoms with Crippen LogP contribution in [-0.2, 0) is 30.4 Å². The van der Waals surface area contributed by atoms with Crippen LogP contribution in [-0.4, -0.2) is 41.9 Å². The molecule has 0 aromatic heterocycles. The maximum atomic E-state index is 13.1. The van der Waals surface area contributed by atoms with Crippen LogP contribution in [0.15, 0.2) is 30.4 Å². The van der Waals surface area contributed by atoms with Crippen molar-refractivity contribution in [3.8, 4) is 11.5 Å². The van der Waals surface area contributed by atoms with Gasteiger partial charge in [-0.25, -0.2) is 0 Å². The van der Waals surface area contributed by atoms with Gasteiger partial charge < -0.3 is 30.4 Å². The van der Waals surface area contributed by atoms with E-state index in [1.165, 1.54) is 13.2 Å². The molecule has 2 atom stereocenters. The predicted molar refractivity (Wildman–Crippen MR) is 116 cm³/mol. The van der Waals surface area contributed by atoms with E-state index >= 15 is 0 Å². The number of ether oxygens (including phenoxy) is 3. The first-order chi connectivity index (χ1) is 15.2. The van der Waals surface area contributed by atoms with Crippen molar-refractivity contribution in [2.24, 2.45) is 11.7 Å². The third-order valence-corrected chi connectivity index (χ3v) is 4.95. The van der Waals surface area contributed by atoms with Gasteiger partial charge in [0.05, 0.1) is 7.11 Å². The number of amides is 1. The van der Waals surface area contributed by atoms with Crippen LogP contribution in [0.5, 0.6) is 11.5 Å². The topological polar surface area (TPSA) is 137 Å². The zero-order valence-electron chi connectivity index (χ0n) is 18.8. The Hall–Kier alpha value is -3.07. The Bertz CT molecular complexity index is 853. The number of rotatable bonds is 9. The summed E-state index contributed by atoms with van der Waals surface area (Å²) in [4.78, 5) is 37.8. The number of hydrogen-bond acceptors (Lipinski definition) is 8. The molecule has 1 amide bonds. The number of cyclic esters (lactones) is 2. The van der Waals surface area contributed by atoms with E-state index in [1.54, 1.807) is 12.1 Å². The number of carbonyl (C=O) groups is 3. The third kappa shape index (κ3) is 6.98. The lowest BCUT2D eigenvalue weighted by Crippen LogP contribution is -2.56. The summed E-state index contributed by atoms with van der Waals surface area (Å²) in [5.74, 6) is -3.72. The molecule has 4 N–H and O–H groups in total. The van der Waals surface area contributed by atoms with E-state index in [1.807, 2.05) is 26.0 Å². The quantitative estimate of drug-likeness (QED) is 0.297. The Morgan fingerprint density at radius 3 is 2.81 bits per heavy atom. The highest BCUT2D eigenvalue weighted by Gasteiger charge is 2.48. The summed E-state index contributed by atoms with van der Waals surface area (Å²) in [5.41, 5.74) is 6.42. The number of carbonyl (C=O) groups excluding carboxylic acids is 3. The Balaban J connectivity index is 2.20. The molecule has 176 valence electrons. The summed E-state index contributed by atoms with van der Waals surface area (Å²) < 4.78 is 15.9. The smallest absolute Gasteiger partial charge is 0.336 e. The number of aromatic hydroxyl groups is 1. The number of phenols is 1.